The zero-order chi connectivity index (χ0) is 10.1. The number of hydrogen-bond acceptors (Lipinski definition) is 5. The van der Waals surface area contributed by atoms with Crippen molar-refractivity contribution < 1.29 is 4.74 Å². The fourth-order valence-corrected chi connectivity index (χ4v) is 1.50. The van der Waals surface area contributed by atoms with E-state index in [4.69, 9.17) is 4.74 Å². The summed E-state index contributed by atoms with van der Waals surface area (Å²) in [5, 5.41) is 7.35. The molecule has 0 saturated carbocycles. The van der Waals surface area contributed by atoms with E-state index in [1.165, 1.54) is 18.9 Å². The summed E-state index contributed by atoms with van der Waals surface area (Å²) in [7, 11) is 1.47. The minimum Gasteiger partial charge on any atom is -0.481 e. The molecule has 7 heteroatoms. The van der Waals surface area contributed by atoms with Gasteiger partial charge in [0.05, 0.1) is 7.11 Å². The van der Waals surface area contributed by atoms with Crippen LogP contribution in [0.2, 0.25) is 0 Å². The van der Waals surface area contributed by atoms with Crippen LogP contribution in [0.1, 0.15) is 0 Å². The SMILES string of the molecule is COc1[nH]nc2nc(SC)[nH]c(=O)c12. The maximum Gasteiger partial charge on any atom is 0.266 e. The maximum atomic E-state index is 11.6. The number of thioether (sulfide) groups is 1. The standard InChI is InChI=1S/C7H8N4O2S/c1-13-6-3-4(10-11-6)8-7(14-2)9-5(3)12/h1-2H3,(H2,8,9,10,11,12). The number of H-pyrrole nitrogens is 2. The minimum atomic E-state index is -0.245. The van der Waals surface area contributed by atoms with E-state index in [0.29, 0.717) is 22.1 Å². The molecule has 6 nitrogen and oxygen atoms in total. The van der Waals surface area contributed by atoms with Gasteiger partial charge in [-0.2, -0.15) is 5.10 Å². The number of fused-ring (bicyclic) bond motifs is 1. The largest absolute Gasteiger partial charge is 0.481 e. The third kappa shape index (κ3) is 1.25. The smallest absolute Gasteiger partial charge is 0.266 e. The molecule has 0 aromatic carbocycles. The molecule has 0 spiro atoms. The van der Waals surface area contributed by atoms with E-state index in [2.05, 4.69) is 20.2 Å². The number of nitrogens with zero attached hydrogens (tertiary/aromatic N) is 2. The number of ether oxygens (including phenoxy) is 1. The van der Waals surface area contributed by atoms with Gasteiger partial charge in [0.25, 0.3) is 5.56 Å². The van der Waals surface area contributed by atoms with Gasteiger partial charge >= 0.3 is 0 Å². The molecule has 0 unspecified atom stereocenters. The summed E-state index contributed by atoms with van der Waals surface area (Å²) < 4.78 is 4.94. The average molecular weight is 212 g/mol. The predicted molar refractivity (Wildman–Crippen MR) is 52.8 cm³/mol. The molecule has 0 amide bonds. The second-order valence-corrected chi connectivity index (χ2v) is 3.33. The first-order chi connectivity index (χ1) is 6.76. The van der Waals surface area contributed by atoms with Crippen molar-refractivity contribution in [1.29, 1.82) is 0 Å². The second kappa shape index (κ2) is 3.33. The van der Waals surface area contributed by atoms with Gasteiger partial charge in [0, 0.05) is 0 Å². The van der Waals surface area contributed by atoms with Crippen LogP contribution < -0.4 is 10.3 Å². The first kappa shape index (κ1) is 9.07. The normalized spacial score (nSPS) is 10.7. The van der Waals surface area contributed by atoms with Crippen molar-refractivity contribution >= 4 is 22.8 Å². The van der Waals surface area contributed by atoms with E-state index in [1.54, 1.807) is 0 Å². The highest BCUT2D eigenvalue weighted by Gasteiger charge is 2.11. The molecule has 2 aromatic heterocycles. The van der Waals surface area contributed by atoms with Crippen LogP contribution in [0.15, 0.2) is 9.95 Å². The molecule has 2 aromatic rings. The number of nitrogens with one attached hydrogen (secondary N) is 2. The number of methoxy groups -OCH3 is 1. The fraction of sp³-hybridized carbons (Fsp3) is 0.286. The monoisotopic (exact) mass is 212 g/mol. The molecule has 0 aliphatic heterocycles. The molecular formula is C7H8N4O2S. The summed E-state index contributed by atoms with van der Waals surface area (Å²) in [6.07, 6.45) is 1.83. The lowest BCUT2D eigenvalue weighted by molar-refractivity contribution is 0.401. The van der Waals surface area contributed by atoms with Gasteiger partial charge in [0.2, 0.25) is 5.88 Å². The molecule has 0 radical (unpaired) electrons. The molecule has 0 bridgehead atoms. The van der Waals surface area contributed by atoms with Crippen LogP contribution in [0.25, 0.3) is 11.0 Å². The van der Waals surface area contributed by atoms with Gasteiger partial charge in [-0.15, -0.1) is 0 Å². The predicted octanol–water partition coefficient (Wildman–Crippen LogP) is 0.377. The fourth-order valence-electron chi connectivity index (χ4n) is 1.13. The summed E-state index contributed by atoms with van der Waals surface area (Å²) in [6, 6.07) is 0. The summed E-state index contributed by atoms with van der Waals surface area (Å²) in [5.41, 5.74) is 0.125. The van der Waals surface area contributed by atoms with Crippen molar-refractivity contribution in [3.8, 4) is 5.88 Å². The summed E-state index contributed by atoms with van der Waals surface area (Å²) in [5.74, 6) is 0.335. The lowest BCUT2D eigenvalue weighted by atomic mass is 10.4. The van der Waals surface area contributed by atoms with Crippen LogP contribution in [-0.4, -0.2) is 33.5 Å². The van der Waals surface area contributed by atoms with Crippen molar-refractivity contribution in [2.45, 2.75) is 5.16 Å². The van der Waals surface area contributed by atoms with E-state index in [-0.39, 0.29) is 5.56 Å². The quantitative estimate of drug-likeness (QED) is 0.555. The van der Waals surface area contributed by atoms with E-state index >= 15 is 0 Å². The number of rotatable bonds is 2. The Bertz CT molecular complexity index is 518. The van der Waals surface area contributed by atoms with Gasteiger partial charge in [0.1, 0.15) is 5.39 Å². The van der Waals surface area contributed by atoms with Gasteiger partial charge in [-0.05, 0) is 6.26 Å². The molecule has 2 N–H and O–H groups in total. The van der Waals surface area contributed by atoms with E-state index < -0.39 is 0 Å². The molecule has 0 fully saturated rings. The molecule has 0 saturated heterocycles. The third-order valence-corrected chi connectivity index (χ3v) is 2.35. The zero-order valence-corrected chi connectivity index (χ0v) is 8.44. The van der Waals surface area contributed by atoms with Gasteiger partial charge in [-0.25, -0.2) is 10.1 Å². The van der Waals surface area contributed by atoms with Crippen LogP contribution >= 0.6 is 11.8 Å². The van der Waals surface area contributed by atoms with Gasteiger partial charge in [-0.3, -0.25) is 4.79 Å². The summed E-state index contributed by atoms with van der Waals surface area (Å²) in [6.45, 7) is 0. The Balaban J connectivity index is 2.79. The van der Waals surface area contributed by atoms with Crippen LogP contribution in [0.5, 0.6) is 5.88 Å². The zero-order valence-electron chi connectivity index (χ0n) is 7.62. The van der Waals surface area contributed by atoms with Crippen LogP contribution in [0, 0.1) is 0 Å². The van der Waals surface area contributed by atoms with Crippen LogP contribution in [-0.2, 0) is 0 Å². The molecule has 0 aliphatic rings. The van der Waals surface area contributed by atoms with E-state index in [9.17, 15) is 4.79 Å². The highest BCUT2D eigenvalue weighted by Crippen LogP contribution is 2.17. The first-order valence-electron chi connectivity index (χ1n) is 3.82. The first-order valence-corrected chi connectivity index (χ1v) is 5.05. The summed E-state index contributed by atoms with van der Waals surface area (Å²) in [4.78, 5) is 18.3. The highest BCUT2D eigenvalue weighted by atomic mass is 32.2. The van der Waals surface area contributed by atoms with E-state index in [0.717, 1.165) is 0 Å². The summed E-state index contributed by atoms with van der Waals surface area (Å²) >= 11 is 1.35. The van der Waals surface area contributed by atoms with E-state index in [1.807, 2.05) is 6.26 Å². The van der Waals surface area contributed by atoms with Gasteiger partial charge < -0.3 is 9.72 Å². The van der Waals surface area contributed by atoms with Crippen LogP contribution in [0.4, 0.5) is 0 Å². The Labute approximate surface area is 83.1 Å². The number of aromatic amines is 2. The Morgan fingerprint density at radius 1 is 1.50 bits per heavy atom. The lowest BCUT2D eigenvalue weighted by Crippen LogP contribution is -2.08. The molecule has 14 heavy (non-hydrogen) atoms. The minimum absolute atomic E-state index is 0.245. The van der Waals surface area contributed by atoms with Crippen molar-refractivity contribution in [2.24, 2.45) is 0 Å². The molecular weight excluding hydrogens is 204 g/mol. The molecule has 0 atom stereocenters. The van der Waals surface area contributed by atoms with Crippen molar-refractivity contribution in [3.05, 3.63) is 10.4 Å². The lowest BCUT2D eigenvalue weighted by Gasteiger charge is -1.95. The van der Waals surface area contributed by atoms with Gasteiger partial charge in [-0.1, -0.05) is 11.8 Å². The van der Waals surface area contributed by atoms with Gasteiger partial charge in [0.15, 0.2) is 10.8 Å². The van der Waals surface area contributed by atoms with Crippen LogP contribution in [0.3, 0.4) is 0 Å². The number of hydrogen-bond donors (Lipinski definition) is 2. The Morgan fingerprint density at radius 3 is 2.93 bits per heavy atom. The molecule has 2 heterocycles. The second-order valence-electron chi connectivity index (χ2n) is 2.53. The van der Waals surface area contributed by atoms with Crippen molar-refractivity contribution in [3.63, 3.8) is 0 Å². The van der Waals surface area contributed by atoms with Crippen molar-refractivity contribution in [1.82, 2.24) is 20.2 Å². The Morgan fingerprint density at radius 2 is 2.29 bits per heavy atom. The van der Waals surface area contributed by atoms with Crippen molar-refractivity contribution in [2.75, 3.05) is 13.4 Å². The molecule has 0 aliphatic carbocycles. The number of aromatic nitrogens is 4. The molecule has 2 rings (SSSR count). The molecule has 74 valence electrons. The Hall–Kier alpha value is -1.50. The Kier molecular flexibility index (Phi) is 2.16. The highest BCUT2D eigenvalue weighted by molar-refractivity contribution is 7.98. The maximum absolute atomic E-state index is 11.6. The third-order valence-electron chi connectivity index (χ3n) is 1.77. The average Bonchev–Trinajstić information content (AvgIpc) is 2.61. The topological polar surface area (TPSA) is 83.7 Å².